The SMILES string of the molecule is OCc1ccc(NC2CCSc3c(F)cccc32)cc1. The highest BCUT2D eigenvalue weighted by molar-refractivity contribution is 7.99. The van der Waals surface area contributed by atoms with Gasteiger partial charge in [-0.1, -0.05) is 24.3 Å². The molecule has 0 bridgehead atoms. The monoisotopic (exact) mass is 289 g/mol. The summed E-state index contributed by atoms with van der Waals surface area (Å²) in [6.45, 7) is 0.0500. The van der Waals surface area contributed by atoms with E-state index in [1.54, 1.807) is 17.8 Å². The molecule has 4 heteroatoms. The second-order valence-corrected chi connectivity index (χ2v) is 5.95. The van der Waals surface area contributed by atoms with Crippen molar-refractivity contribution in [1.29, 1.82) is 0 Å². The van der Waals surface area contributed by atoms with Gasteiger partial charge in [0.15, 0.2) is 0 Å². The predicted molar refractivity (Wildman–Crippen MR) is 80.5 cm³/mol. The summed E-state index contributed by atoms with van der Waals surface area (Å²) >= 11 is 1.59. The first-order valence-corrected chi connectivity index (χ1v) is 7.64. The summed E-state index contributed by atoms with van der Waals surface area (Å²) in [5.74, 6) is 0.787. The zero-order chi connectivity index (χ0) is 13.9. The minimum absolute atomic E-state index is 0.0500. The maximum Gasteiger partial charge on any atom is 0.137 e. The third-order valence-corrected chi connectivity index (χ3v) is 4.66. The maximum atomic E-state index is 13.8. The van der Waals surface area contributed by atoms with Crippen LogP contribution in [0, 0.1) is 5.82 Å². The molecule has 2 aromatic rings. The Balaban J connectivity index is 1.83. The Labute approximate surface area is 122 Å². The lowest BCUT2D eigenvalue weighted by molar-refractivity contribution is 0.282. The molecule has 1 aliphatic rings. The van der Waals surface area contributed by atoms with Crippen LogP contribution in [0.3, 0.4) is 0 Å². The van der Waals surface area contributed by atoms with Gasteiger partial charge in [-0.3, -0.25) is 0 Å². The number of halogens is 1. The molecule has 0 aromatic heterocycles. The van der Waals surface area contributed by atoms with Crippen LogP contribution in [0.5, 0.6) is 0 Å². The van der Waals surface area contributed by atoms with Crippen LogP contribution in [0.25, 0.3) is 0 Å². The molecule has 0 fully saturated rings. The molecule has 1 unspecified atom stereocenters. The first kappa shape index (κ1) is 13.5. The molecule has 0 spiro atoms. The zero-order valence-electron chi connectivity index (χ0n) is 11.0. The van der Waals surface area contributed by atoms with E-state index >= 15 is 0 Å². The predicted octanol–water partition coefficient (Wildman–Crippen LogP) is 3.97. The number of benzene rings is 2. The Bertz CT molecular complexity index is 600. The topological polar surface area (TPSA) is 32.3 Å². The van der Waals surface area contributed by atoms with Crippen LogP contribution >= 0.6 is 11.8 Å². The summed E-state index contributed by atoms with van der Waals surface area (Å²) in [4.78, 5) is 0.767. The maximum absolute atomic E-state index is 13.8. The number of hydrogen-bond acceptors (Lipinski definition) is 3. The minimum atomic E-state index is -0.130. The molecule has 0 saturated carbocycles. The fourth-order valence-corrected chi connectivity index (χ4v) is 3.58. The standard InChI is InChI=1S/C16H16FNOS/c17-14-3-1-2-13-15(8-9-20-16(13)14)18-12-6-4-11(10-19)5-7-12/h1-7,15,18-19H,8-10H2. The molecule has 2 N–H and O–H groups in total. The van der Waals surface area contributed by atoms with Gasteiger partial charge in [0.25, 0.3) is 0 Å². The lowest BCUT2D eigenvalue weighted by Crippen LogP contribution is -2.16. The van der Waals surface area contributed by atoms with Crippen molar-refractivity contribution in [2.24, 2.45) is 0 Å². The first-order chi connectivity index (χ1) is 9.78. The van der Waals surface area contributed by atoms with Gasteiger partial charge in [-0.25, -0.2) is 4.39 Å². The molecule has 20 heavy (non-hydrogen) atoms. The summed E-state index contributed by atoms with van der Waals surface area (Å²) in [6, 6.07) is 13.1. The third kappa shape index (κ3) is 2.67. The van der Waals surface area contributed by atoms with Crippen molar-refractivity contribution in [3.63, 3.8) is 0 Å². The molecular weight excluding hydrogens is 273 g/mol. The van der Waals surface area contributed by atoms with E-state index < -0.39 is 0 Å². The van der Waals surface area contributed by atoms with Crippen LogP contribution < -0.4 is 5.32 Å². The van der Waals surface area contributed by atoms with Gasteiger partial charge < -0.3 is 10.4 Å². The summed E-state index contributed by atoms with van der Waals surface area (Å²) in [5, 5.41) is 12.5. The van der Waals surface area contributed by atoms with E-state index in [-0.39, 0.29) is 18.5 Å². The number of hydrogen-bond donors (Lipinski definition) is 2. The van der Waals surface area contributed by atoms with Crippen molar-refractivity contribution in [2.75, 3.05) is 11.1 Å². The quantitative estimate of drug-likeness (QED) is 0.897. The number of aliphatic hydroxyl groups excluding tert-OH is 1. The highest BCUT2D eigenvalue weighted by Gasteiger charge is 2.22. The third-order valence-electron chi connectivity index (χ3n) is 3.50. The van der Waals surface area contributed by atoms with Gasteiger partial charge in [-0.05, 0) is 35.7 Å². The van der Waals surface area contributed by atoms with E-state index in [1.807, 2.05) is 30.3 Å². The second-order valence-electron chi connectivity index (χ2n) is 4.85. The van der Waals surface area contributed by atoms with E-state index in [9.17, 15) is 4.39 Å². The van der Waals surface area contributed by atoms with Gasteiger partial charge in [0.05, 0.1) is 12.6 Å². The number of anilines is 1. The van der Waals surface area contributed by atoms with Crippen molar-refractivity contribution < 1.29 is 9.50 Å². The van der Waals surface area contributed by atoms with Crippen LogP contribution in [0.4, 0.5) is 10.1 Å². The Morgan fingerprint density at radius 3 is 2.75 bits per heavy atom. The lowest BCUT2D eigenvalue weighted by Gasteiger charge is -2.27. The van der Waals surface area contributed by atoms with E-state index in [4.69, 9.17) is 5.11 Å². The molecule has 1 atom stereocenters. The van der Waals surface area contributed by atoms with Crippen molar-refractivity contribution in [1.82, 2.24) is 0 Å². The van der Waals surface area contributed by atoms with E-state index in [0.29, 0.717) is 0 Å². The zero-order valence-corrected chi connectivity index (χ0v) is 11.8. The average Bonchev–Trinajstić information content (AvgIpc) is 2.49. The minimum Gasteiger partial charge on any atom is -0.392 e. The van der Waals surface area contributed by atoms with E-state index in [0.717, 1.165) is 33.9 Å². The Kier molecular flexibility index (Phi) is 3.94. The Morgan fingerprint density at radius 2 is 2.00 bits per heavy atom. The smallest absolute Gasteiger partial charge is 0.137 e. The van der Waals surface area contributed by atoms with E-state index in [2.05, 4.69) is 5.32 Å². The number of nitrogens with one attached hydrogen (secondary N) is 1. The number of aliphatic hydroxyl groups is 1. The Hall–Kier alpha value is -1.52. The molecule has 1 aliphatic heterocycles. The van der Waals surface area contributed by atoms with Gasteiger partial charge in [0, 0.05) is 16.3 Å². The molecule has 0 saturated heterocycles. The summed E-state index contributed by atoms with van der Waals surface area (Å²) in [6.07, 6.45) is 0.975. The summed E-state index contributed by atoms with van der Waals surface area (Å²) in [7, 11) is 0. The summed E-state index contributed by atoms with van der Waals surface area (Å²) in [5.41, 5.74) is 2.92. The normalized spacial score (nSPS) is 17.6. The van der Waals surface area contributed by atoms with Crippen molar-refractivity contribution in [3.8, 4) is 0 Å². The molecular formula is C16H16FNOS. The van der Waals surface area contributed by atoms with Crippen LogP contribution in [-0.4, -0.2) is 10.9 Å². The first-order valence-electron chi connectivity index (χ1n) is 6.65. The fraction of sp³-hybridized carbons (Fsp3) is 0.250. The van der Waals surface area contributed by atoms with Gasteiger partial charge in [-0.2, -0.15) is 0 Å². The molecule has 104 valence electrons. The van der Waals surface area contributed by atoms with Gasteiger partial charge in [0.1, 0.15) is 5.82 Å². The van der Waals surface area contributed by atoms with Crippen LogP contribution in [0.1, 0.15) is 23.6 Å². The molecule has 1 heterocycles. The highest BCUT2D eigenvalue weighted by Crippen LogP contribution is 2.39. The highest BCUT2D eigenvalue weighted by atomic mass is 32.2. The fourth-order valence-electron chi connectivity index (χ4n) is 2.44. The van der Waals surface area contributed by atoms with Crippen LogP contribution in [-0.2, 0) is 6.61 Å². The number of fused-ring (bicyclic) bond motifs is 1. The van der Waals surface area contributed by atoms with E-state index in [1.165, 1.54) is 6.07 Å². The van der Waals surface area contributed by atoms with Gasteiger partial charge in [0.2, 0.25) is 0 Å². The molecule has 3 rings (SSSR count). The Morgan fingerprint density at radius 1 is 1.20 bits per heavy atom. The van der Waals surface area contributed by atoms with Gasteiger partial charge in [-0.15, -0.1) is 11.8 Å². The largest absolute Gasteiger partial charge is 0.392 e. The second kappa shape index (κ2) is 5.85. The molecule has 0 radical (unpaired) electrons. The molecule has 0 aliphatic carbocycles. The van der Waals surface area contributed by atoms with Gasteiger partial charge >= 0.3 is 0 Å². The van der Waals surface area contributed by atoms with Crippen molar-refractivity contribution in [2.45, 2.75) is 24.0 Å². The summed E-state index contributed by atoms with van der Waals surface area (Å²) < 4.78 is 13.8. The van der Waals surface area contributed by atoms with Crippen LogP contribution in [0.15, 0.2) is 47.4 Å². The molecule has 0 amide bonds. The van der Waals surface area contributed by atoms with Crippen molar-refractivity contribution in [3.05, 3.63) is 59.4 Å². The molecule has 2 aromatic carbocycles. The average molecular weight is 289 g/mol. The van der Waals surface area contributed by atoms with Crippen molar-refractivity contribution >= 4 is 17.4 Å². The lowest BCUT2D eigenvalue weighted by atomic mass is 10.0. The number of rotatable bonds is 3. The molecule has 2 nitrogen and oxygen atoms in total. The van der Waals surface area contributed by atoms with Crippen LogP contribution in [0.2, 0.25) is 0 Å². The number of thioether (sulfide) groups is 1.